The smallest absolute Gasteiger partial charge is 0.265 e. The van der Waals surface area contributed by atoms with E-state index in [9.17, 15) is 9.59 Å². The Bertz CT molecular complexity index is 1200. The lowest BCUT2D eigenvalue weighted by Gasteiger charge is -2.09. The highest BCUT2D eigenvalue weighted by Crippen LogP contribution is 2.23. The summed E-state index contributed by atoms with van der Waals surface area (Å²) in [4.78, 5) is 27.3. The summed E-state index contributed by atoms with van der Waals surface area (Å²) in [6, 6.07) is 14.4. The minimum absolute atomic E-state index is 0.122. The van der Waals surface area contributed by atoms with E-state index in [-0.39, 0.29) is 11.5 Å². The maximum atomic E-state index is 12.8. The summed E-state index contributed by atoms with van der Waals surface area (Å²) in [5.41, 5.74) is 2.04. The number of hydrogen-bond donors (Lipinski definition) is 1. The van der Waals surface area contributed by atoms with E-state index in [4.69, 9.17) is 4.42 Å². The lowest BCUT2D eigenvalue weighted by Crippen LogP contribution is -2.27. The first-order valence-electron chi connectivity index (χ1n) is 8.94. The van der Waals surface area contributed by atoms with Gasteiger partial charge in [-0.3, -0.25) is 9.59 Å². The zero-order valence-electron chi connectivity index (χ0n) is 15.4. The van der Waals surface area contributed by atoms with Crippen LogP contribution in [0.4, 0.5) is 0 Å². The number of carbonyl (C=O) groups is 1. The zero-order valence-corrected chi connectivity index (χ0v) is 15.4. The molecule has 2 heterocycles. The van der Waals surface area contributed by atoms with Crippen LogP contribution < -0.4 is 10.9 Å². The molecule has 4 rings (SSSR count). The molecule has 4 aromatic rings. The summed E-state index contributed by atoms with van der Waals surface area (Å²) in [5.74, 6) is -0.145. The third kappa shape index (κ3) is 3.19. The molecule has 1 N–H and O–H groups in total. The van der Waals surface area contributed by atoms with E-state index in [1.54, 1.807) is 28.7 Å². The number of rotatable bonds is 5. The van der Waals surface area contributed by atoms with E-state index >= 15 is 0 Å². The first-order valence-corrected chi connectivity index (χ1v) is 8.94. The molecule has 2 aromatic carbocycles. The normalized spacial score (nSPS) is 11.7. The SMILES string of the molecule is CN(C)CCCNC(=O)c1ccc2c(c1)oc1cc3ccccc3c(=O)n12. The molecule has 138 valence electrons. The molecule has 0 spiro atoms. The molecular formula is C21H21N3O3. The lowest BCUT2D eigenvalue weighted by atomic mass is 10.1. The molecule has 27 heavy (non-hydrogen) atoms. The third-order valence-electron chi connectivity index (χ3n) is 4.64. The molecule has 0 radical (unpaired) electrons. The van der Waals surface area contributed by atoms with Crippen LogP contribution in [0.5, 0.6) is 0 Å². The van der Waals surface area contributed by atoms with E-state index < -0.39 is 0 Å². The molecule has 2 aromatic heterocycles. The van der Waals surface area contributed by atoms with E-state index in [0.29, 0.717) is 34.3 Å². The lowest BCUT2D eigenvalue weighted by molar-refractivity contribution is 0.0952. The molecule has 0 fully saturated rings. The quantitative estimate of drug-likeness (QED) is 0.554. The molecule has 6 nitrogen and oxygen atoms in total. The molecular weight excluding hydrogens is 342 g/mol. The number of carbonyl (C=O) groups excluding carboxylic acids is 1. The molecule has 1 amide bonds. The number of amides is 1. The van der Waals surface area contributed by atoms with Crippen molar-refractivity contribution < 1.29 is 9.21 Å². The highest BCUT2D eigenvalue weighted by Gasteiger charge is 2.14. The molecule has 0 saturated carbocycles. The average Bonchev–Trinajstić information content (AvgIpc) is 3.02. The van der Waals surface area contributed by atoms with E-state index in [1.807, 2.05) is 38.4 Å². The molecule has 6 heteroatoms. The molecule has 0 aliphatic heterocycles. The number of hydrogen-bond acceptors (Lipinski definition) is 4. The van der Waals surface area contributed by atoms with Crippen molar-refractivity contribution in [2.75, 3.05) is 27.2 Å². The first-order chi connectivity index (χ1) is 13.0. The van der Waals surface area contributed by atoms with Crippen LogP contribution in [0.2, 0.25) is 0 Å². The van der Waals surface area contributed by atoms with Crippen molar-refractivity contribution in [1.82, 2.24) is 14.6 Å². The van der Waals surface area contributed by atoms with Gasteiger partial charge in [0.2, 0.25) is 5.71 Å². The van der Waals surface area contributed by atoms with Crippen LogP contribution in [-0.2, 0) is 0 Å². The van der Waals surface area contributed by atoms with Gasteiger partial charge in [-0.1, -0.05) is 18.2 Å². The summed E-state index contributed by atoms with van der Waals surface area (Å²) >= 11 is 0. The average molecular weight is 363 g/mol. The summed E-state index contributed by atoms with van der Waals surface area (Å²) < 4.78 is 7.42. The van der Waals surface area contributed by atoms with Gasteiger partial charge in [-0.2, -0.15) is 0 Å². The van der Waals surface area contributed by atoms with Crippen molar-refractivity contribution in [2.45, 2.75) is 6.42 Å². The van der Waals surface area contributed by atoms with Crippen molar-refractivity contribution in [2.24, 2.45) is 0 Å². The van der Waals surface area contributed by atoms with Gasteiger partial charge in [0.05, 0.1) is 5.52 Å². The number of oxazole rings is 1. The number of benzene rings is 2. The maximum Gasteiger partial charge on any atom is 0.265 e. The van der Waals surface area contributed by atoms with Crippen LogP contribution in [-0.4, -0.2) is 42.4 Å². The minimum Gasteiger partial charge on any atom is -0.438 e. The Morgan fingerprint density at radius 1 is 1.15 bits per heavy atom. The molecule has 0 bridgehead atoms. The van der Waals surface area contributed by atoms with Gasteiger partial charge in [0, 0.05) is 23.6 Å². The fourth-order valence-electron chi connectivity index (χ4n) is 3.27. The predicted molar refractivity (Wildman–Crippen MR) is 106 cm³/mol. The van der Waals surface area contributed by atoms with Crippen molar-refractivity contribution in [3.05, 3.63) is 64.4 Å². The second kappa shape index (κ2) is 6.89. The van der Waals surface area contributed by atoms with E-state index in [2.05, 4.69) is 10.2 Å². The van der Waals surface area contributed by atoms with Gasteiger partial charge in [-0.25, -0.2) is 4.40 Å². The minimum atomic E-state index is -0.145. The van der Waals surface area contributed by atoms with Gasteiger partial charge in [-0.05, 0) is 56.7 Å². The highest BCUT2D eigenvalue weighted by molar-refractivity contribution is 5.97. The van der Waals surface area contributed by atoms with Gasteiger partial charge in [-0.15, -0.1) is 0 Å². The Balaban J connectivity index is 1.70. The Labute approximate surface area is 156 Å². The molecule has 0 saturated heterocycles. The second-order valence-corrected chi connectivity index (χ2v) is 6.91. The fourth-order valence-corrected chi connectivity index (χ4v) is 3.27. The van der Waals surface area contributed by atoms with Gasteiger partial charge >= 0.3 is 0 Å². The number of aromatic nitrogens is 1. The zero-order chi connectivity index (χ0) is 19.0. The van der Waals surface area contributed by atoms with Gasteiger partial charge in [0.15, 0.2) is 5.58 Å². The topological polar surface area (TPSA) is 67.0 Å². The predicted octanol–water partition coefficient (Wildman–Crippen LogP) is 2.88. The number of nitrogens with one attached hydrogen (secondary N) is 1. The van der Waals surface area contributed by atoms with Crippen LogP contribution in [0.15, 0.2) is 57.7 Å². The van der Waals surface area contributed by atoms with Crippen molar-refractivity contribution in [3.63, 3.8) is 0 Å². The fraction of sp³-hybridized carbons (Fsp3) is 0.238. The standard InChI is InChI=1S/C21H21N3O3/c1-23(2)11-5-10-22-20(25)15-8-9-17-18(12-15)27-19-13-14-6-3-4-7-16(14)21(26)24(17)19/h3-4,6-9,12-13H,5,10-11H2,1-2H3,(H,22,25). The molecule has 0 atom stereocenters. The first kappa shape index (κ1) is 17.3. The van der Waals surface area contributed by atoms with E-state index in [0.717, 1.165) is 18.4 Å². The van der Waals surface area contributed by atoms with Crippen molar-refractivity contribution in [1.29, 1.82) is 0 Å². The van der Waals surface area contributed by atoms with Crippen LogP contribution in [0.25, 0.3) is 27.6 Å². The molecule has 0 aliphatic carbocycles. The number of fused-ring (bicyclic) bond motifs is 4. The van der Waals surface area contributed by atoms with Crippen molar-refractivity contribution in [3.8, 4) is 0 Å². The summed E-state index contributed by atoms with van der Waals surface area (Å²) in [5, 5.41) is 4.39. The third-order valence-corrected chi connectivity index (χ3v) is 4.64. The monoisotopic (exact) mass is 363 g/mol. The Hall–Kier alpha value is -3.12. The van der Waals surface area contributed by atoms with Crippen LogP contribution in [0.1, 0.15) is 16.8 Å². The largest absolute Gasteiger partial charge is 0.438 e. The summed E-state index contributed by atoms with van der Waals surface area (Å²) in [7, 11) is 4.01. The van der Waals surface area contributed by atoms with E-state index in [1.165, 1.54) is 0 Å². The Kier molecular flexibility index (Phi) is 4.41. The molecule has 0 aliphatic rings. The second-order valence-electron chi connectivity index (χ2n) is 6.91. The van der Waals surface area contributed by atoms with Crippen LogP contribution >= 0.6 is 0 Å². The Morgan fingerprint density at radius 2 is 1.96 bits per heavy atom. The van der Waals surface area contributed by atoms with Crippen LogP contribution in [0.3, 0.4) is 0 Å². The van der Waals surface area contributed by atoms with Gasteiger partial charge in [0.25, 0.3) is 11.5 Å². The van der Waals surface area contributed by atoms with Crippen molar-refractivity contribution >= 4 is 33.5 Å². The number of nitrogens with zero attached hydrogens (tertiary/aromatic N) is 2. The summed E-state index contributed by atoms with van der Waals surface area (Å²) in [6.45, 7) is 1.53. The number of pyridine rings is 1. The Morgan fingerprint density at radius 3 is 2.78 bits per heavy atom. The van der Waals surface area contributed by atoms with Gasteiger partial charge in [0.1, 0.15) is 0 Å². The maximum absolute atomic E-state index is 12.8. The highest BCUT2D eigenvalue weighted by atomic mass is 16.3. The van der Waals surface area contributed by atoms with Gasteiger partial charge < -0.3 is 14.6 Å². The summed E-state index contributed by atoms with van der Waals surface area (Å²) in [6.07, 6.45) is 0.883. The van der Waals surface area contributed by atoms with Crippen LogP contribution in [0, 0.1) is 0 Å². The molecule has 0 unspecified atom stereocenters.